The molecule has 0 aliphatic carbocycles. The van der Waals surface area contributed by atoms with E-state index in [4.69, 9.17) is 4.74 Å². The Bertz CT molecular complexity index is 532. The van der Waals surface area contributed by atoms with E-state index in [0.29, 0.717) is 5.69 Å². The van der Waals surface area contributed by atoms with Gasteiger partial charge in [0.1, 0.15) is 0 Å². The van der Waals surface area contributed by atoms with Gasteiger partial charge in [0.05, 0.1) is 18.8 Å². The Morgan fingerprint density at radius 3 is 2.11 bits per heavy atom. The third-order valence-corrected chi connectivity index (χ3v) is 3.21. The molecule has 0 aliphatic heterocycles. The number of nitrogens with one attached hydrogen (secondary N) is 1. The smallest absolute Gasteiger partial charge is 0.315 e. The summed E-state index contributed by atoms with van der Waals surface area (Å²) in [7, 11) is -1.95. The minimum atomic E-state index is -3.29. The van der Waals surface area contributed by atoms with Crippen molar-refractivity contribution in [3.63, 3.8) is 0 Å². The van der Waals surface area contributed by atoms with Crippen LogP contribution in [0.3, 0.4) is 0 Å². The van der Waals surface area contributed by atoms with E-state index in [2.05, 4.69) is 4.72 Å². The van der Waals surface area contributed by atoms with E-state index in [9.17, 15) is 13.2 Å². The number of rotatable bonds is 4. The third kappa shape index (κ3) is 3.46. The second-order valence-corrected chi connectivity index (χ2v) is 6.32. The second-order valence-electron chi connectivity index (χ2n) is 4.57. The van der Waals surface area contributed by atoms with Crippen LogP contribution in [0.25, 0.3) is 0 Å². The minimum absolute atomic E-state index is 0.341. The number of esters is 1. The number of benzene rings is 1. The van der Waals surface area contributed by atoms with Gasteiger partial charge < -0.3 is 4.74 Å². The number of hydrogen-bond donors (Lipinski definition) is 1. The summed E-state index contributed by atoms with van der Waals surface area (Å²) >= 11 is 0. The lowest BCUT2D eigenvalue weighted by molar-refractivity contribution is -0.146. The van der Waals surface area contributed by atoms with Crippen LogP contribution in [0, 0.1) is 0 Å². The van der Waals surface area contributed by atoms with E-state index < -0.39 is 15.4 Å². The molecule has 1 aromatic rings. The number of anilines is 1. The SMILES string of the molecule is COC(=O)C(C)(C)c1ccc(NS(C)(=O)=O)cc1. The van der Waals surface area contributed by atoms with Crippen molar-refractivity contribution in [1.82, 2.24) is 0 Å². The normalized spacial score (nSPS) is 12.0. The Hall–Kier alpha value is -1.56. The van der Waals surface area contributed by atoms with E-state index >= 15 is 0 Å². The van der Waals surface area contributed by atoms with Crippen LogP contribution >= 0.6 is 0 Å². The highest BCUT2D eigenvalue weighted by atomic mass is 32.2. The monoisotopic (exact) mass is 271 g/mol. The molecule has 100 valence electrons. The van der Waals surface area contributed by atoms with Crippen molar-refractivity contribution in [1.29, 1.82) is 0 Å². The molecule has 1 N–H and O–H groups in total. The lowest BCUT2D eigenvalue weighted by Crippen LogP contribution is -2.30. The number of sulfonamides is 1. The summed E-state index contributed by atoms with van der Waals surface area (Å²) in [5.74, 6) is -0.341. The fourth-order valence-electron chi connectivity index (χ4n) is 1.54. The topological polar surface area (TPSA) is 72.5 Å². The van der Waals surface area contributed by atoms with Crippen molar-refractivity contribution >= 4 is 21.7 Å². The van der Waals surface area contributed by atoms with Gasteiger partial charge in [-0.1, -0.05) is 12.1 Å². The molecule has 0 aromatic heterocycles. The van der Waals surface area contributed by atoms with Gasteiger partial charge in [-0.15, -0.1) is 0 Å². The molecule has 0 amide bonds. The first-order valence-corrected chi connectivity index (χ1v) is 7.22. The van der Waals surface area contributed by atoms with Crippen LogP contribution in [0.2, 0.25) is 0 Å². The molecule has 18 heavy (non-hydrogen) atoms. The minimum Gasteiger partial charge on any atom is -0.468 e. The van der Waals surface area contributed by atoms with Crippen molar-refractivity contribution < 1.29 is 17.9 Å². The van der Waals surface area contributed by atoms with Gasteiger partial charge in [0, 0.05) is 5.69 Å². The second kappa shape index (κ2) is 4.97. The Morgan fingerprint density at radius 1 is 1.22 bits per heavy atom. The number of carbonyl (C=O) groups excluding carboxylic acids is 1. The lowest BCUT2D eigenvalue weighted by Gasteiger charge is -2.22. The van der Waals surface area contributed by atoms with Crippen LogP contribution in [-0.4, -0.2) is 27.8 Å². The highest BCUT2D eigenvalue weighted by Crippen LogP contribution is 2.26. The van der Waals surface area contributed by atoms with Crippen molar-refractivity contribution in [2.24, 2.45) is 0 Å². The first kappa shape index (κ1) is 14.5. The molecule has 0 fully saturated rings. The highest BCUT2D eigenvalue weighted by Gasteiger charge is 2.30. The first-order valence-electron chi connectivity index (χ1n) is 5.33. The molecular formula is C12H17NO4S. The zero-order valence-electron chi connectivity index (χ0n) is 10.9. The molecular weight excluding hydrogens is 254 g/mol. The van der Waals surface area contributed by atoms with E-state index in [1.54, 1.807) is 38.1 Å². The Morgan fingerprint density at radius 2 is 1.72 bits per heavy atom. The van der Waals surface area contributed by atoms with Crippen LogP contribution < -0.4 is 4.72 Å². The van der Waals surface area contributed by atoms with Gasteiger partial charge in [-0.25, -0.2) is 8.42 Å². The van der Waals surface area contributed by atoms with Gasteiger partial charge in [0.15, 0.2) is 0 Å². The van der Waals surface area contributed by atoms with Crippen molar-refractivity contribution in [2.45, 2.75) is 19.3 Å². The largest absolute Gasteiger partial charge is 0.468 e. The average molecular weight is 271 g/mol. The molecule has 1 rings (SSSR count). The summed E-state index contributed by atoms with van der Waals surface area (Å²) in [5.41, 5.74) is 0.452. The van der Waals surface area contributed by atoms with Gasteiger partial charge in [-0.2, -0.15) is 0 Å². The Kier molecular flexibility index (Phi) is 4.01. The molecule has 0 heterocycles. The zero-order valence-corrected chi connectivity index (χ0v) is 11.7. The predicted octanol–water partition coefficient (Wildman–Crippen LogP) is 1.51. The maximum atomic E-state index is 11.6. The van der Waals surface area contributed by atoms with Crippen LogP contribution in [0.15, 0.2) is 24.3 Å². The quantitative estimate of drug-likeness (QED) is 0.842. The van der Waals surface area contributed by atoms with Crippen molar-refractivity contribution in [3.05, 3.63) is 29.8 Å². The van der Waals surface area contributed by atoms with Crippen LogP contribution in [0.1, 0.15) is 19.4 Å². The van der Waals surface area contributed by atoms with Gasteiger partial charge in [-0.05, 0) is 31.5 Å². The summed E-state index contributed by atoms with van der Waals surface area (Å²) in [6.07, 6.45) is 1.08. The van der Waals surface area contributed by atoms with Crippen LogP contribution in [0.5, 0.6) is 0 Å². The standard InChI is InChI=1S/C12H17NO4S/c1-12(2,11(14)17-3)9-5-7-10(8-6-9)13-18(4,15)16/h5-8,13H,1-4H3. The van der Waals surface area contributed by atoms with Crippen molar-refractivity contribution in [3.8, 4) is 0 Å². The first-order chi connectivity index (χ1) is 8.16. The molecule has 0 spiro atoms. The maximum absolute atomic E-state index is 11.6. The van der Waals surface area contributed by atoms with E-state index in [0.717, 1.165) is 11.8 Å². The van der Waals surface area contributed by atoms with Crippen molar-refractivity contribution in [2.75, 3.05) is 18.1 Å². The number of carbonyl (C=O) groups is 1. The molecule has 0 atom stereocenters. The molecule has 6 heteroatoms. The summed E-state index contributed by atoms with van der Waals surface area (Å²) < 4.78 is 29.2. The fourth-order valence-corrected chi connectivity index (χ4v) is 2.11. The number of hydrogen-bond acceptors (Lipinski definition) is 4. The average Bonchev–Trinajstić information content (AvgIpc) is 2.26. The molecule has 0 saturated carbocycles. The summed E-state index contributed by atoms with van der Waals surface area (Å²) in [5, 5.41) is 0. The van der Waals surface area contributed by atoms with E-state index in [1.165, 1.54) is 7.11 Å². The maximum Gasteiger partial charge on any atom is 0.315 e. The third-order valence-electron chi connectivity index (χ3n) is 2.61. The van der Waals surface area contributed by atoms with Gasteiger partial charge in [0.2, 0.25) is 10.0 Å². The van der Waals surface area contributed by atoms with Crippen LogP contribution in [-0.2, 0) is 25.0 Å². The molecule has 5 nitrogen and oxygen atoms in total. The molecule has 0 saturated heterocycles. The molecule has 0 bridgehead atoms. The summed E-state index contributed by atoms with van der Waals surface area (Å²) in [6, 6.07) is 6.62. The number of methoxy groups -OCH3 is 1. The van der Waals surface area contributed by atoms with Crippen LogP contribution in [0.4, 0.5) is 5.69 Å². The van der Waals surface area contributed by atoms with Gasteiger partial charge in [0.25, 0.3) is 0 Å². The Labute approximate surface area is 107 Å². The zero-order chi connectivity index (χ0) is 14.0. The highest BCUT2D eigenvalue weighted by molar-refractivity contribution is 7.92. The fraction of sp³-hybridized carbons (Fsp3) is 0.417. The molecule has 0 aliphatic rings. The van der Waals surface area contributed by atoms with E-state index in [1.807, 2.05) is 0 Å². The Balaban J connectivity index is 2.99. The van der Waals surface area contributed by atoms with Gasteiger partial charge in [-0.3, -0.25) is 9.52 Å². The van der Waals surface area contributed by atoms with E-state index in [-0.39, 0.29) is 5.97 Å². The van der Waals surface area contributed by atoms with Gasteiger partial charge >= 0.3 is 5.97 Å². The summed E-state index contributed by atoms with van der Waals surface area (Å²) in [6.45, 7) is 3.50. The molecule has 1 aromatic carbocycles. The molecule has 0 unspecified atom stereocenters. The predicted molar refractivity (Wildman–Crippen MR) is 70.0 cm³/mol. The number of ether oxygens (including phenoxy) is 1. The molecule has 0 radical (unpaired) electrons. The lowest BCUT2D eigenvalue weighted by atomic mass is 9.85. The summed E-state index contributed by atoms with van der Waals surface area (Å²) in [4.78, 5) is 11.6.